The van der Waals surface area contributed by atoms with E-state index < -0.39 is 0 Å². The van der Waals surface area contributed by atoms with Gasteiger partial charge in [-0.25, -0.2) is 0 Å². The molecule has 1 aliphatic heterocycles. The average Bonchev–Trinajstić information content (AvgIpc) is 2.99. The molecular weight excluding hydrogens is 232 g/mol. The Morgan fingerprint density at radius 3 is 2.78 bits per heavy atom. The lowest BCUT2D eigenvalue weighted by Gasteiger charge is -2.17. The van der Waals surface area contributed by atoms with Gasteiger partial charge in [0, 0.05) is 33.9 Å². The topological polar surface area (TPSA) is 59.6 Å². The molecule has 2 aliphatic rings. The standard InChI is InChI=1S/C13H24N2O3/c1-17-6-5-13(3-4-13)9-15-12(16)11-7-10(18-2)8-14-11/h10-11,14H,3-9H2,1-2H3,(H,15,16). The van der Waals surface area contributed by atoms with Crippen LogP contribution < -0.4 is 10.6 Å². The van der Waals surface area contributed by atoms with Gasteiger partial charge in [-0.3, -0.25) is 4.79 Å². The van der Waals surface area contributed by atoms with Crippen molar-refractivity contribution in [3.05, 3.63) is 0 Å². The molecule has 5 nitrogen and oxygen atoms in total. The van der Waals surface area contributed by atoms with Crippen LogP contribution >= 0.6 is 0 Å². The van der Waals surface area contributed by atoms with E-state index in [1.165, 1.54) is 12.8 Å². The van der Waals surface area contributed by atoms with Gasteiger partial charge in [0.15, 0.2) is 0 Å². The lowest BCUT2D eigenvalue weighted by Crippen LogP contribution is -2.42. The summed E-state index contributed by atoms with van der Waals surface area (Å²) in [7, 11) is 3.42. The monoisotopic (exact) mass is 256 g/mol. The zero-order chi connectivity index (χ0) is 13.0. The molecule has 2 rings (SSSR count). The molecule has 1 saturated heterocycles. The van der Waals surface area contributed by atoms with Gasteiger partial charge in [-0.15, -0.1) is 0 Å². The predicted molar refractivity (Wildman–Crippen MR) is 68.4 cm³/mol. The van der Waals surface area contributed by atoms with Gasteiger partial charge in [-0.1, -0.05) is 0 Å². The Labute approximate surface area is 109 Å². The van der Waals surface area contributed by atoms with Gasteiger partial charge in [0.1, 0.15) is 0 Å². The fourth-order valence-electron chi connectivity index (χ4n) is 2.49. The van der Waals surface area contributed by atoms with E-state index in [-0.39, 0.29) is 18.1 Å². The zero-order valence-corrected chi connectivity index (χ0v) is 11.3. The summed E-state index contributed by atoms with van der Waals surface area (Å²) < 4.78 is 10.4. The number of hydrogen-bond donors (Lipinski definition) is 2. The molecule has 1 aliphatic carbocycles. The minimum atomic E-state index is -0.0897. The van der Waals surface area contributed by atoms with Crippen molar-refractivity contribution in [2.45, 2.75) is 37.8 Å². The first-order valence-electron chi connectivity index (χ1n) is 6.72. The molecule has 1 amide bonds. The summed E-state index contributed by atoms with van der Waals surface area (Å²) in [6.45, 7) is 2.33. The molecule has 0 aromatic heterocycles. The number of carbonyl (C=O) groups excluding carboxylic acids is 1. The first-order chi connectivity index (χ1) is 8.69. The van der Waals surface area contributed by atoms with Crippen LogP contribution in [0.2, 0.25) is 0 Å². The minimum Gasteiger partial charge on any atom is -0.385 e. The highest BCUT2D eigenvalue weighted by molar-refractivity contribution is 5.82. The Morgan fingerprint density at radius 2 is 2.22 bits per heavy atom. The molecule has 2 unspecified atom stereocenters. The van der Waals surface area contributed by atoms with Gasteiger partial charge in [0.05, 0.1) is 12.1 Å². The molecule has 104 valence electrons. The van der Waals surface area contributed by atoms with Gasteiger partial charge in [-0.2, -0.15) is 0 Å². The quantitative estimate of drug-likeness (QED) is 0.687. The predicted octanol–water partition coefficient (Wildman–Crippen LogP) is 0.296. The highest BCUT2D eigenvalue weighted by Gasteiger charge is 2.42. The van der Waals surface area contributed by atoms with E-state index in [0.717, 1.165) is 32.5 Å². The number of amides is 1. The second-order valence-electron chi connectivity index (χ2n) is 5.51. The summed E-state index contributed by atoms with van der Waals surface area (Å²) in [5, 5.41) is 6.26. The van der Waals surface area contributed by atoms with Crippen molar-refractivity contribution in [1.82, 2.24) is 10.6 Å². The van der Waals surface area contributed by atoms with Crippen LogP contribution in [0.4, 0.5) is 0 Å². The van der Waals surface area contributed by atoms with E-state index in [1.807, 2.05) is 0 Å². The lowest BCUT2D eigenvalue weighted by molar-refractivity contribution is -0.123. The van der Waals surface area contributed by atoms with E-state index >= 15 is 0 Å². The zero-order valence-electron chi connectivity index (χ0n) is 11.3. The fourth-order valence-corrected chi connectivity index (χ4v) is 2.49. The summed E-state index contributed by atoms with van der Waals surface area (Å²) in [4.78, 5) is 12.0. The van der Waals surface area contributed by atoms with Crippen molar-refractivity contribution in [2.75, 3.05) is 33.9 Å². The highest BCUT2D eigenvalue weighted by atomic mass is 16.5. The molecule has 0 spiro atoms. The second kappa shape index (κ2) is 5.99. The molecule has 1 saturated carbocycles. The lowest BCUT2D eigenvalue weighted by atomic mass is 10.0. The van der Waals surface area contributed by atoms with Gasteiger partial charge in [0.2, 0.25) is 5.91 Å². The smallest absolute Gasteiger partial charge is 0.237 e. The van der Waals surface area contributed by atoms with Gasteiger partial charge in [-0.05, 0) is 31.1 Å². The maximum Gasteiger partial charge on any atom is 0.237 e. The summed E-state index contributed by atoms with van der Waals surface area (Å²) >= 11 is 0. The van der Waals surface area contributed by atoms with Crippen molar-refractivity contribution in [3.63, 3.8) is 0 Å². The molecule has 0 radical (unpaired) electrons. The minimum absolute atomic E-state index is 0.0897. The molecule has 18 heavy (non-hydrogen) atoms. The summed E-state index contributed by atoms with van der Waals surface area (Å²) in [5.74, 6) is 0.109. The first-order valence-corrected chi connectivity index (χ1v) is 6.72. The number of carbonyl (C=O) groups is 1. The summed E-state index contributed by atoms with van der Waals surface area (Å²) in [5.41, 5.74) is 0.310. The summed E-state index contributed by atoms with van der Waals surface area (Å²) in [6, 6.07) is -0.0897. The van der Waals surface area contributed by atoms with Crippen LogP contribution in [0.25, 0.3) is 0 Å². The number of methoxy groups -OCH3 is 2. The van der Waals surface area contributed by atoms with E-state index in [9.17, 15) is 4.79 Å². The van der Waals surface area contributed by atoms with E-state index in [4.69, 9.17) is 9.47 Å². The molecule has 2 N–H and O–H groups in total. The Kier molecular flexibility index (Phi) is 4.59. The van der Waals surface area contributed by atoms with Crippen molar-refractivity contribution >= 4 is 5.91 Å². The SMILES string of the molecule is COCCC1(CNC(=O)C2CC(OC)CN2)CC1. The summed E-state index contributed by atoms with van der Waals surface area (Å²) in [6.07, 6.45) is 4.39. The maximum atomic E-state index is 12.0. The van der Waals surface area contributed by atoms with Crippen molar-refractivity contribution in [3.8, 4) is 0 Å². The Morgan fingerprint density at radius 1 is 1.44 bits per heavy atom. The Bertz CT molecular complexity index is 292. The molecule has 2 atom stereocenters. The van der Waals surface area contributed by atoms with Crippen LogP contribution in [0.3, 0.4) is 0 Å². The van der Waals surface area contributed by atoms with Crippen LogP contribution in [0.15, 0.2) is 0 Å². The Hall–Kier alpha value is -0.650. The van der Waals surface area contributed by atoms with Gasteiger partial charge < -0.3 is 20.1 Å². The van der Waals surface area contributed by atoms with Crippen LogP contribution in [-0.4, -0.2) is 52.0 Å². The molecule has 0 aromatic carbocycles. The molecule has 0 bridgehead atoms. The van der Waals surface area contributed by atoms with Crippen LogP contribution in [-0.2, 0) is 14.3 Å². The fraction of sp³-hybridized carbons (Fsp3) is 0.923. The van der Waals surface area contributed by atoms with Crippen LogP contribution in [0, 0.1) is 5.41 Å². The Balaban J connectivity index is 1.69. The number of hydrogen-bond acceptors (Lipinski definition) is 4. The third kappa shape index (κ3) is 3.43. The van der Waals surface area contributed by atoms with Crippen LogP contribution in [0.1, 0.15) is 25.7 Å². The van der Waals surface area contributed by atoms with Crippen molar-refractivity contribution in [2.24, 2.45) is 5.41 Å². The van der Waals surface area contributed by atoms with Gasteiger partial charge in [0.25, 0.3) is 0 Å². The van der Waals surface area contributed by atoms with E-state index in [2.05, 4.69) is 10.6 Å². The number of ether oxygens (including phenoxy) is 2. The van der Waals surface area contributed by atoms with Crippen molar-refractivity contribution in [1.29, 1.82) is 0 Å². The molecule has 1 heterocycles. The van der Waals surface area contributed by atoms with Crippen molar-refractivity contribution < 1.29 is 14.3 Å². The van der Waals surface area contributed by atoms with E-state index in [0.29, 0.717) is 5.41 Å². The number of rotatable bonds is 7. The normalized spacial score (nSPS) is 29.2. The van der Waals surface area contributed by atoms with Gasteiger partial charge >= 0.3 is 0 Å². The first kappa shape index (κ1) is 13.8. The van der Waals surface area contributed by atoms with Crippen LogP contribution in [0.5, 0.6) is 0 Å². The highest BCUT2D eigenvalue weighted by Crippen LogP contribution is 2.48. The molecule has 0 aromatic rings. The van der Waals surface area contributed by atoms with E-state index in [1.54, 1.807) is 14.2 Å². The number of nitrogens with one attached hydrogen (secondary N) is 2. The molecule has 5 heteroatoms. The third-order valence-corrected chi connectivity index (χ3v) is 4.17. The molecule has 2 fully saturated rings. The second-order valence-corrected chi connectivity index (χ2v) is 5.51. The maximum absolute atomic E-state index is 12.0. The molecular formula is C13H24N2O3. The third-order valence-electron chi connectivity index (χ3n) is 4.17. The largest absolute Gasteiger partial charge is 0.385 e. The average molecular weight is 256 g/mol.